The summed E-state index contributed by atoms with van der Waals surface area (Å²) in [6, 6.07) is 61.0. The largest absolute Gasteiger partial charge is 0.456 e. The van der Waals surface area contributed by atoms with E-state index in [0.29, 0.717) is 17.5 Å². The quantitative estimate of drug-likeness (QED) is 0.181. The van der Waals surface area contributed by atoms with Crippen LogP contribution in [0.4, 0.5) is 0 Å². The summed E-state index contributed by atoms with van der Waals surface area (Å²) >= 11 is 0. The lowest BCUT2D eigenvalue weighted by atomic mass is 9.92. The summed E-state index contributed by atoms with van der Waals surface area (Å²) in [6.07, 6.45) is 0. The maximum absolute atomic E-state index is 6.48. The molecule has 3 aromatic heterocycles. The van der Waals surface area contributed by atoms with Crippen LogP contribution in [-0.2, 0) is 0 Å². The number of furan rings is 2. The number of hydrogen-bond acceptors (Lipinski definition) is 5. The molecule has 0 amide bonds. The highest BCUT2D eigenvalue weighted by Crippen LogP contribution is 2.43. The van der Waals surface area contributed by atoms with Gasteiger partial charge in [-0.2, -0.15) is 0 Å². The minimum absolute atomic E-state index is 0.579. The van der Waals surface area contributed by atoms with Gasteiger partial charge < -0.3 is 8.83 Å². The van der Waals surface area contributed by atoms with Crippen molar-refractivity contribution in [1.82, 2.24) is 15.0 Å². The van der Waals surface area contributed by atoms with E-state index >= 15 is 0 Å². The van der Waals surface area contributed by atoms with Gasteiger partial charge in [-0.25, -0.2) is 15.0 Å². The molecule has 0 spiro atoms. The van der Waals surface area contributed by atoms with Crippen molar-refractivity contribution in [3.8, 4) is 45.3 Å². The van der Waals surface area contributed by atoms with Gasteiger partial charge in [0.2, 0.25) is 0 Å². The molecular weight excluding hydrogens is 687 g/mol. The third-order valence-corrected chi connectivity index (χ3v) is 11.1. The zero-order valence-electron chi connectivity index (χ0n) is 29.9. The Morgan fingerprint density at radius 1 is 0.286 bits per heavy atom. The van der Waals surface area contributed by atoms with Crippen molar-refractivity contribution in [2.45, 2.75) is 0 Å². The second-order valence-corrected chi connectivity index (χ2v) is 14.3. The Morgan fingerprint density at radius 3 is 1.66 bits per heavy atom. The summed E-state index contributed by atoms with van der Waals surface area (Å²) in [4.78, 5) is 15.6. The molecule has 9 aromatic carbocycles. The van der Waals surface area contributed by atoms with E-state index in [-0.39, 0.29) is 0 Å². The number of rotatable bonds is 4. The minimum Gasteiger partial charge on any atom is -0.456 e. The van der Waals surface area contributed by atoms with Crippen molar-refractivity contribution in [3.05, 3.63) is 176 Å². The number of hydrogen-bond donors (Lipinski definition) is 0. The van der Waals surface area contributed by atoms with Crippen LogP contribution in [-0.4, -0.2) is 15.0 Å². The van der Waals surface area contributed by atoms with Crippen LogP contribution in [0.5, 0.6) is 0 Å². The van der Waals surface area contributed by atoms with Gasteiger partial charge in [0.1, 0.15) is 22.3 Å². The van der Waals surface area contributed by atoms with Crippen LogP contribution in [0.15, 0.2) is 185 Å². The van der Waals surface area contributed by atoms with Gasteiger partial charge in [0.25, 0.3) is 0 Å². The first-order valence-corrected chi connectivity index (χ1v) is 18.8. The van der Waals surface area contributed by atoms with Gasteiger partial charge >= 0.3 is 0 Å². The molecule has 5 nitrogen and oxygen atoms in total. The van der Waals surface area contributed by atoms with E-state index in [4.69, 9.17) is 23.8 Å². The Hall–Kier alpha value is -7.63. The molecular formula is C51H29N3O2. The molecule has 0 aliphatic rings. The number of benzene rings is 9. The molecule has 12 rings (SSSR count). The van der Waals surface area contributed by atoms with Gasteiger partial charge in [0.05, 0.1) is 0 Å². The molecule has 0 fully saturated rings. The predicted molar refractivity (Wildman–Crippen MR) is 229 cm³/mol. The fourth-order valence-corrected chi connectivity index (χ4v) is 8.50. The molecule has 56 heavy (non-hydrogen) atoms. The van der Waals surface area contributed by atoms with Crippen LogP contribution in [0.1, 0.15) is 0 Å². The zero-order chi connectivity index (χ0) is 36.7. The maximum Gasteiger partial charge on any atom is 0.164 e. The summed E-state index contributed by atoms with van der Waals surface area (Å²) in [5.74, 6) is 1.79. The average Bonchev–Trinajstić information content (AvgIpc) is 3.82. The minimum atomic E-state index is 0.579. The van der Waals surface area contributed by atoms with Crippen LogP contribution < -0.4 is 0 Å². The van der Waals surface area contributed by atoms with Gasteiger partial charge in [-0.1, -0.05) is 133 Å². The highest BCUT2D eigenvalue weighted by molar-refractivity contribution is 6.18. The molecule has 0 N–H and O–H groups in total. The lowest BCUT2D eigenvalue weighted by molar-refractivity contribution is 0.669. The molecule has 0 unspecified atom stereocenters. The third kappa shape index (κ3) is 4.71. The Bertz CT molecular complexity index is 3550. The molecule has 260 valence electrons. The van der Waals surface area contributed by atoms with E-state index < -0.39 is 0 Å². The lowest BCUT2D eigenvalue weighted by Gasteiger charge is -2.14. The van der Waals surface area contributed by atoms with E-state index in [1.54, 1.807) is 0 Å². The molecule has 0 aliphatic heterocycles. The summed E-state index contributed by atoms with van der Waals surface area (Å²) in [5, 5.41) is 11.1. The Morgan fingerprint density at radius 2 is 0.821 bits per heavy atom. The normalized spacial score (nSPS) is 11.9. The van der Waals surface area contributed by atoms with E-state index in [1.165, 1.54) is 5.39 Å². The van der Waals surface area contributed by atoms with Crippen molar-refractivity contribution in [2.75, 3.05) is 0 Å². The molecule has 0 atom stereocenters. The number of fused-ring (bicyclic) bond motifs is 9. The van der Waals surface area contributed by atoms with Crippen LogP contribution in [0.25, 0.3) is 121 Å². The molecule has 12 aromatic rings. The van der Waals surface area contributed by atoms with Crippen molar-refractivity contribution < 1.29 is 8.83 Å². The Labute approximate surface area is 320 Å². The van der Waals surface area contributed by atoms with Gasteiger partial charge in [-0.3, -0.25) is 0 Å². The number of aromatic nitrogens is 3. The first-order chi connectivity index (χ1) is 27.7. The fourth-order valence-electron chi connectivity index (χ4n) is 8.50. The van der Waals surface area contributed by atoms with E-state index in [2.05, 4.69) is 152 Å². The Balaban J connectivity index is 1.09. The average molecular weight is 716 g/mol. The standard InChI is InChI=1S/C51H29N3O2/c1-2-13-32-28-47-43(27-31(32)12-1)48-40(19-10-22-45(48)56-47)37-25-26-42(36-17-6-5-16-35(36)37)51-53-49(33-23-24-39-38-18-7-8-21-44(38)55-46(39)29-33)52-50(54-51)41-20-9-14-30-11-3-4-15-34(30)41/h1-29H. The predicted octanol–water partition coefficient (Wildman–Crippen LogP) is 13.8. The topological polar surface area (TPSA) is 65.0 Å². The van der Waals surface area contributed by atoms with Gasteiger partial charge in [0.15, 0.2) is 17.5 Å². The molecule has 0 saturated heterocycles. The smallest absolute Gasteiger partial charge is 0.164 e. The summed E-state index contributed by atoms with van der Waals surface area (Å²) in [6.45, 7) is 0. The first kappa shape index (κ1) is 30.8. The second kappa shape index (κ2) is 11.9. The van der Waals surface area contributed by atoms with Crippen LogP contribution in [0, 0.1) is 0 Å². The fraction of sp³-hybridized carbons (Fsp3) is 0. The van der Waals surface area contributed by atoms with Crippen molar-refractivity contribution in [2.24, 2.45) is 0 Å². The molecule has 0 aliphatic carbocycles. The highest BCUT2D eigenvalue weighted by atomic mass is 16.3. The van der Waals surface area contributed by atoms with E-state index in [0.717, 1.165) is 98.6 Å². The monoisotopic (exact) mass is 715 g/mol. The first-order valence-electron chi connectivity index (χ1n) is 18.8. The van der Waals surface area contributed by atoms with Gasteiger partial charge in [-0.15, -0.1) is 0 Å². The van der Waals surface area contributed by atoms with Gasteiger partial charge in [0, 0.05) is 38.2 Å². The number of para-hydroxylation sites is 1. The number of nitrogens with zero attached hydrogens (tertiary/aromatic N) is 3. The van der Waals surface area contributed by atoms with Crippen LogP contribution in [0.2, 0.25) is 0 Å². The van der Waals surface area contributed by atoms with E-state index in [9.17, 15) is 0 Å². The molecule has 3 heterocycles. The molecule has 5 heteroatoms. The summed E-state index contributed by atoms with van der Waals surface area (Å²) < 4.78 is 12.8. The van der Waals surface area contributed by atoms with E-state index in [1.807, 2.05) is 24.3 Å². The summed E-state index contributed by atoms with van der Waals surface area (Å²) in [5.41, 5.74) is 8.35. The maximum atomic E-state index is 6.48. The van der Waals surface area contributed by atoms with Crippen LogP contribution in [0.3, 0.4) is 0 Å². The SMILES string of the molecule is c1ccc2cc3c(cc2c1)oc1cccc(-c2ccc(-c4nc(-c5ccc6c(c5)oc5ccccc56)nc(-c5cccc6ccccc56)n4)c4ccccc24)c13. The third-order valence-electron chi connectivity index (χ3n) is 11.1. The van der Waals surface area contributed by atoms with Crippen molar-refractivity contribution >= 4 is 76.2 Å². The Kier molecular flexibility index (Phi) is 6.56. The lowest BCUT2D eigenvalue weighted by Crippen LogP contribution is -2.01. The van der Waals surface area contributed by atoms with Crippen molar-refractivity contribution in [1.29, 1.82) is 0 Å². The molecule has 0 radical (unpaired) electrons. The summed E-state index contributed by atoms with van der Waals surface area (Å²) in [7, 11) is 0. The molecule has 0 bridgehead atoms. The zero-order valence-corrected chi connectivity index (χ0v) is 29.9. The van der Waals surface area contributed by atoms with Crippen LogP contribution >= 0.6 is 0 Å². The molecule has 0 saturated carbocycles. The highest BCUT2D eigenvalue weighted by Gasteiger charge is 2.20. The van der Waals surface area contributed by atoms with Gasteiger partial charge in [-0.05, 0) is 85.9 Å². The van der Waals surface area contributed by atoms with Crippen molar-refractivity contribution in [3.63, 3.8) is 0 Å². The second-order valence-electron chi connectivity index (χ2n) is 14.3.